The van der Waals surface area contributed by atoms with E-state index < -0.39 is 0 Å². The summed E-state index contributed by atoms with van der Waals surface area (Å²) < 4.78 is 5.20. The van der Waals surface area contributed by atoms with Crippen LogP contribution in [0.3, 0.4) is 0 Å². The Morgan fingerprint density at radius 3 is 2.76 bits per heavy atom. The van der Waals surface area contributed by atoms with E-state index in [0.717, 1.165) is 38.0 Å². The molecular formula is C17H26N2O2. The van der Waals surface area contributed by atoms with Gasteiger partial charge in [-0.05, 0) is 49.9 Å². The van der Waals surface area contributed by atoms with Crippen molar-refractivity contribution in [2.45, 2.75) is 38.6 Å². The average Bonchev–Trinajstić information content (AvgIpc) is 3.01. The summed E-state index contributed by atoms with van der Waals surface area (Å²) >= 11 is 0. The highest BCUT2D eigenvalue weighted by atomic mass is 16.5. The van der Waals surface area contributed by atoms with Crippen molar-refractivity contribution >= 4 is 5.91 Å². The Balaban J connectivity index is 2.06. The topological polar surface area (TPSA) is 55.6 Å². The molecule has 1 amide bonds. The summed E-state index contributed by atoms with van der Waals surface area (Å²) in [4.78, 5) is 14.7. The Bertz CT molecular complexity index is 458. The minimum atomic E-state index is 0.0624. The van der Waals surface area contributed by atoms with Gasteiger partial charge >= 0.3 is 0 Å². The van der Waals surface area contributed by atoms with Gasteiger partial charge in [-0.3, -0.25) is 4.79 Å². The Morgan fingerprint density at radius 2 is 2.14 bits per heavy atom. The third-order valence-electron chi connectivity index (χ3n) is 4.30. The molecule has 0 saturated carbocycles. The molecule has 1 fully saturated rings. The van der Waals surface area contributed by atoms with Crippen LogP contribution < -0.4 is 10.5 Å². The lowest BCUT2D eigenvalue weighted by atomic mass is 10.0. The van der Waals surface area contributed by atoms with Gasteiger partial charge < -0.3 is 15.4 Å². The van der Waals surface area contributed by atoms with Gasteiger partial charge in [-0.15, -0.1) is 0 Å². The lowest BCUT2D eigenvalue weighted by molar-refractivity contribution is -0.136. The molecule has 1 aromatic carbocycles. The smallest absolute Gasteiger partial charge is 0.225 e. The number of ether oxygens (including phenoxy) is 1. The highest BCUT2D eigenvalue weighted by molar-refractivity contribution is 5.79. The standard InChI is InChI=1S/C17H26N2O2/c1-13(5-3-11-18)17(20)19-12-4-6-16(19)14-7-9-15(21-2)10-8-14/h7-10,13,16H,3-6,11-12,18H2,1-2H3. The zero-order chi connectivity index (χ0) is 15.2. The molecule has 1 aliphatic rings. The van der Waals surface area contributed by atoms with E-state index in [4.69, 9.17) is 10.5 Å². The molecule has 21 heavy (non-hydrogen) atoms. The molecule has 2 rings (SSSR count). The molecule has 4 nitrogen and oxygen atoms in total. The van der Waals surface area contributed by atoms with Gasteiger partial charge in [0.2, 0.25) is 5.91 Å². The molecule has 116 valence electrons. The first-order valence-electron chi connectivity index (χ1n) is 7.82. The molecule has 1 aromatic rings. The highest BCUT2D eigenvalue weighted by Crippen LogP contribution is 2.34. The molecular weight excluding hydrogens is 264 g/mol. The fourth-order valence-corrected chi connectivity index (χ4v) is 3.03. The lowest BCUT2D eigenvalue weighted by Gasteiger charge is -2.28. The van der Waals surface area contributed by atoms with E-state index in [1.165, 1.54) is 5.56 Å². The van der Waals surface area contributed by atoms with Crippen LogP contribution in [0.2, 0.25) is 0 Å². The van der Waals surface area contributed by atoms with Gasteiger partial charge in [0.25, 0.3) is 0 Å². The normalized spacial score (nSPS) is 19.6. The number of nitrogens with zero attached hydrogens (tertiary/aromatic N) is 1. The third-order valence-corrected chi connectivity index (χ3v) is 4.30. The zero-order valence-corrected chi connectivity index (χ0v) is 13.0. The number of rotatable bonds is 6. The maximum Gasteiger partial charge on any atom is 0.225 e. The molecule has 2 unspecified atom stereocenters. The predicted molar refractivity (Wildman–Crippen MR) is 84.1 cm³/mol. The van der Waals surface area contributed by atoms with Crippen LogP contribution in [-0.4, -0.2) is 31.0 Å². The number of hydrogen-bond donors (Lipinski definition) is 1. The molecule has 1 heterocycles. The molecule has 2 atom stereocenters. The van der Waals surface area contributed by atoms with Gasteiger partial charge in [0.15, 0.2) is 0 Å². The largest absolute Gasteiger partial charge is 0.497 e. The number of carbonyl (C=O) groups excluding carboxylic acids is 1. The summed E-state index contributed by atoms with van der Waals surface area (Å²) in [6, 6.07) is 8.28. The van der Waals surface area contributed by atoms with E-state index in [-0.39, 0.29) is 17.9 Å². The minimum absolute atomic E-state index is 0.0624. The number of amides is 1. The van der Waals surface area contributed by atoms with E-state index in [2.05, 4.69) is 12.1 Å². The zero-order valence-electron chi connectivity index (χ0n) is 13.0. The Hall–Kier alpha value is -1.55. The Morgan fingerprint density at radius 1 is 1.43 bits per heavy atom. The maximum atomic E-state index is 12.6. The summed E-state index contributed by atoms with van der Waals surface area (Å²) in [6.45, 7) is 3.53. The van der Waals surface area contributed by atoms with E-state index in [9.17, 15) is 4.79 Å². The molecule has 0 radical (unpaired) electrons. The van der Waals surface area contributed by atoms with Crippen LogP contribution in [0.1, 0.15) is 44.2 Å². The van der Waals surface area contributed by atoms with Crippen molar-refractivity contribution in [3.63, 3.8) is 0 Å². The fourth-order valence-electron chi connectivity index (χ4n) is 3.03. The number of benzene rings is 1. The van der Waals surface area contributed by atoms with Crippen molar-refractivity contribution in [3.8, 4) is 5.75 Å². The van der Waals surface area contributed by atoms with Crippen LogP contribution in [-0.2, 0) is 4.79 Å². The molecule has 0 aromatic heterocycles. The number of nitrogens with two attached hydrogens (primary N) is 1. The van der Waals surface area contributed by atoms with Crippen molar-refractivity contribution < 1.29 is 9.53 Å². The van der Waals surface area contributed by atoms with Gasteiger partial charge in [-0.2, -0.15) is 0 Å². The predicted octanol–water partition coefficient (Wildman–Crippen LogP) is 2.73. The van der Waals surface area contributed by atoms with E-state index in [0.29, 0.717) is 6.54 Å². The first kappa shape index (κ1) is 15.8. The van der Waals surface area contributed by atoms with Crippen LogP contribution in [0, 0.1) is 5.92 Å². The molecule has 1 saturated heterocycles. The molecule has 0 bridgehead atoms. The monoisotopic (exact) mass is 290 g/mol. The number of likely N-dealkylation sites (tertiary alicyclic amines) is 1. The first-order chi connectivity index (χ1) is 10.2. The number of methoxy groups -OCH3 is 1. The SMILES string of the molecule is COc1ccc(C2CCCN2C(=O)C(C)CCCN)cc1. The van der Waals surface area contributed by atoms with Crippen molar-refractivity contribution in [2.75, 3.05) is 20.2 Å². The van der Waals surface area contributed by atoms with Crippen molar-refractivity contribution in [2.24, 2.45) is 11.7 Å². The van der Waals surface area contributed by atoms with Gasteiger partial charge in [-0.1, -0.05) is 19.1 Å². The highest BCUT2D eigenvalue weighted by Gasteiger charge is 2.31. The van der Waals surface area contributed by atoms with Crippen LogP contribution in [0.15, 0.2) is 24.3 Å². The van der Waals surface area contributed by atoms with Crippen molar-refractivity contribution in [3.05, 3.63) is 29.8 Å². The molecule has 0 aliphatic carbocycles. The van der Waals surface area contributed by atoms with Gasteiger partial charge in [0.1, 0.15) is 5.75 Å². The van der Waals surface area contributed by atoms with Crippen LogP contribution in [0.25, 0.3) is 0 Å². The lowest BCUT2D eigenvalue weighted by Crippen LogP contribution is -2.34. The first-order valence-corrected chi connectivity index (χ1v) is 7.82. The van der Waals surface area contributed by atoms with Crippen LogP contribution in [0.4, 0.5) is 0 Å². The Kier molecular flexibility index (Phi) is 5.62. The minimum Gasteiger partial charge on any atom is -0.497 e. The van der Waals surface area contributed by atoms with Crippen molar-refractivity contribution in [1.82, 2.24) is 4.90 Å². The summed E-state index contributed by atoms with van der Waals surface area (Å²) in [5.74, 6) is 1.18. The van der Waals surface area contributed by atoms with Crippen LogP contribution >= 0.6 is 0 Å². The second-order valence-corrected chi connectivity index (χ2v) is 5.79. The molecule has 4 heteroatoms. The maximum absolute atomic E-state index is 12.6. The molecule has 1 aliphatic heterocycles. The van der Waals surface area contributed by atoms with Crippen LogP contribution in [0.5, 0.6) is 5.75 Å². The average molecular weight is 290 g/mol. The van der Waals surface area contributed by atoms with E-state index in [1.807, 2.05) is 24.0 Å². The van der Waals surface area contributed by atoms with Gasteiger partial charge in [0.05, 0.1) is 13.2 Å². The summed E-state index contributed by atoms with van der Waals surface area (Å²) in [7, 11) is 1.67. The third kappa shape index (κ3) is 3.76. The van der Waals surface area contributed by atoms with Gasteiger partial charge in [-0.25, -0.2) is 0 Å². The summed E-state index contributed by atoms with van der Waals surface area (Å²) in [6.07, 6.45) is 3.91. The number of hydrogen-bond acceptors (Lipinski definition) is 3. The quantitative estimate of drug-likeness (QED) is 0.876. The Labute approximate surface area is 127 Å². The van der Waals surface area contributed by atoms with Crippen molar-refractivity contribution in [1.29, 1.82) is 0 Å². The number of carbonyl (C=O) groups is 1. The summed E-state index contributed by atoms with van der Waals surface area (Å²) in [5.41, 5.74) is 6.74. The molecule has 2 N–H and O–H groups in total. The van der Waals surface area contributed by atoms with E-state index in [1.54, 1.807) is 7.11 Å². The molecule has 0 spiro atoms. The summed E-state index contributed by atoms with van der Waals surface area (Å²) in [5, 5.41) is 0. The second-order valence-electron chi connectivity index (χ2n) is 5.79. The van der Waals surface area contributed by atoms with E-state index >= 15 is 0 Å². The second kappa shape index (κ2) is 7.46. The fraction of sp³-hybridized carbons (Fsp3) is 0.588. The van der Waals surface area contributed by atoms with Gasteiger partial charge in [0, 0.05) is 12.5 Å².